The molecule has 0 aliphatic carbocycles. The molecular formula is C27H32FN7O2S. The summed E-state index contributed by atoms with van der Waals surface area (Å²) >= 11 is 0. The minimum Gasteiger partial charge on any atom is -0.366 e. The Labute approximate surface area is 222 Å². The summed E-state index contributed by atoms with van der Waals surface area (Å²) in [5.41, 5.74) is 4.32. The van der Waals surface area contributed by atoms with E-state index in [4.69, 9.17) is 4.98 Å². The van der Waals surface area contributed by atoms with E-state index in [0.717, 1.165) is 36.1 Å². The van der Waals surface area contributed by atoms with E-state index in [2.05, 4.69) is 27.4 Å². The van der Waals surface area contributed by atoms with Crippen molar-refractivity contribution in [1.82, 2.24) is 19.9 Å². The lowest BCUT2D eigenvalue weighted by molar-refractivity contribution is 0.478. The van der Waals surface area contributed by atoms with Crippen molar-refractivity contribution in [2.45, 2.75) is 26.4 Å². The van der Waals surface area contributed by atoms with Gasteiger partial charge in [-0.2, -0.15) is 4.98 Å². The number of hydrogen-bond donors (Lipinski definition) is 2. The van der Waals surface area contributed by atoms with Crippen LogP contribution in [0.2, 0.25) is 0 Å². The van der Waals surface area contributed by atoms with Crippen LogP contribution >= 0.6 is 0 Å². The van der Waals surface area contributed by atoms with Crippen LogP contribution in [0.5, 0.6) is 0 Å². The smallest absolute Gasteiger partial charge is 0.232 e. The molecule has 9 nitrogen and oxygen atoms in total. The van der Waals surface area contributed by atoms with Crippen LogP contribution in [0.25, 0.3) is 11.0 Å². The number of fused-ring (bicyclic) bond motifs is 1. The fourth-order valence-electron chi connectivity index (χ4n) is 4.79. The molecule has 0 bridgehead atoms. The molecule has 4 aromatic rings. The first-order valence-corrected chi connectivity index (χ1v) is 14.3. The van der Waals surface area contributed by atoms with Gasteiger partial charge >= 0.3 is 0 Å². The molecule has 38 heavy (non-hydrogen) atoms. The number of aryl methyl sites for hydroxylation is 1. The molecule has 5 rings (SSSR count). The van der Waals surface area contributed by atoms with Crippen LogP contribution in [0.4, 0.5) is 27.4 Å². The Hall–Kier alpha value is -3.70. The molecule has 1 fully saturated rings. The molecule has 2 N–H and O–H groups in total. The molecule has 2 aromatic carbocycles. The second kappa shape index (κ2) is 10.2. The summed E-state index contributed by atoms with van der Waals surface area (Å²) in [4.78, 5) is 11.1. The zero-order valence-electron chi connectivity index (χ0n) is 21.9. The van der Waals surface area contributed by atoms with Crippen LogP contribution in [-0.2, 0) is 16.6 Å². The van der Waals surface area contributed by atoms with Gasteiger partial charge in [-0.25, -0.2) is 17.8 Å². The van der Waals surface area contributed by atoms with Gasteiger partial charge in [-0.05, 0) is 49.7 Å². The Kier molecular flexibility index (Phi) is 6.97. The van der Waals surface area contributed by atoms with E-state index in [1.807, 2.05) is 48.0 Å². The van der Waals surface area contributed by atoms with E-state index in [1.165, 1.54) is 16.6 Å². The Morgan fingerprint density at radius 3 is 2.76 bits per heavy atom. The maximum Gasteiger partial charge on any atom is 0.232 e. The van der Waals surface area contributed by atoms with Gasteiger partial charge in [0.15, 0.2) is 0 Å². The molecule has 11 heteroatoms. The van der Waals surface area contributed by atoms with Gasteiger partial charge in [-0.1, -0.05) is 17.7 Å². The molecule has 2 aromatic heterocycles. The fraction of sp³-hybridized carbons (Fsp3) is 0.333. The van der Waals surface area contributed by atoms with E-state index in [1.54, 1.807) is 19.3 Å². The van der Waals surface area contributed by atoms with Crippen molar-refractivity contribution in [1.29, 1.82) is 0 Å². The number of piperazine rings is 1. The molecule has 0 amide bonds. The first-order chi connectivity index (χ1) is 18.1. The van der Waals surface area contributed by atoms with Gasteiger partial charge in [0.2, 0.25) is 16.0 Å². The first kappa shape index (κ1) is 25.9. The topological polar surface area (TPSA) is 95.4 Å². The molecule has 1 aliphatic heterocycles. The quantitative estimate of drug-likeness (QED) is 0.370. The second-order valence-corrected chi connectivity index (χ2v) is 11.9. The Morgan fingerprint density at radius 1 is 1.21 bits per heavy atom. The van der Waals surface area contributed by atoms with Crippen LogP contribution in [0.3, 0.4) is 0 Å². The number of benzene rings is 2. The van der Waals surface area contributed by atoms with Crippen LogP contribution in [0.15, 0.2) is 54.9 Å². The third-order valence-electron chi connectivity index (χ3n) is 6.83. The fourth-order valence-corrected chi connectivity index (χ4v) is 5.33. The highest BCUT2D eigenvalue weighted by molar-refractivity contribution is 7.92. The van der Waals surface area contributed by atoms with Crippen molar-refractivity contribution < 1.29 is 12.8 Å². The van der Waals surface area contributed by atoms with Crippen molar-refractivity contribution >= 4 is 44.1 Å². The lowest BCUT2D eigenvalue weighted by atomic mass is 10.1. The zero-order chi connectivity index (χ0) is 27.0. The summed E-state index contributed by atoms with van der Waals surface area (Å²) in [7, 11) is -1.87. The maximum absolute atomic E-state index is 15.0. The highest BCUT2D eigenvalue weighted by atomic mass is 32.2. The standard InChI is InChI=1S/C27H32FN7O2S/c1-18-5-7-24(33(3)38(4,36)37)21(13-18)17-35-11-9-20-15-30-27(32-26(20)35)31-22-6-8-25(23(28)14-22)34-12-10-29-19(2)16-34/h5-9,11,13-15,19,29H,10,12,16-17H2,1-4H3,(H,30,31,32)/t19-/m0/s1. The highest BCUT2D eigenvalue weighted by Gasteiger charge is 2.20. The number of aromatic nitrogens is 3. The molecule has 1 atom stereocenters. The number of sulfonamides is 1. The summed E-state index contributed by atoms with van der Waals surface area (Å²) in [5.74, 6) is 0.0497. The summed E-state index contributed by atoms with van der Waals surface area (Å²) in [6.07, 6.45) is 4.80. The van der Waals surface area contributed by atoms with Gasteiger partial charge in [0.25, 0.3) is 0 Å². The van der Waals surface area contributed by atoms with Gasteiger partial charge in [0.05, 0.1) is 24.2 Å². The number of nitrogens with zero attached hydrogens (tertiary/aromatic N) is 5. The average molecular weight is 538 g/mol. The summed E-state index contributed by atoms with van der Waals surface area (Å²) < 4.78 is 42.7. The van der Waals surface area contributed by atoms with E-state index < -0.39 is 10.0 Å². The molecule has 200 valence electrons. The van der Waals surface area contributed by atoms with Crippen molar-refractivity contribution in [2.75, 3.05) is 47.5 Å². The molecule has 1 saturated heterocycles. The van der Waals surface area contributed by atoms with E-state index in [-0.39, 0.29) is 5.82 Å². The Morgan fingerprint density at radius 2 is 2.03 bits per heavy atom. The number of rotatable bonds is 7. The SMILES string of the molecule is Cc1ccc(N(C)S(C)(=O)=O)c(Cn2ccc3cnc(Nc4ccc(N5CCN[C@@H](C)C5)c(F)c4)nc32)c1. The predicted octanol–water partition coefficient (Wildman–Crippen LogP) is 3.86. The molecule has 0 unspecified atom stereocenters. The highest BCUT2D eigenvalue weighted by Crippen LogP contribution is 2.28. The lowest BCUT2D eigenvalue weighted by Crippen LogP contribution is -2.49. The van der Waals surface area contributed by atoms with Crippen molar-refractivity contribution in [2.24, 2.45) is 0 Å². The van der Waals surface area contributed by atoms with Crippen LogP contribution in [-0.4, -0.2) is 61.9 Å². The van der Waals surface area contributed by atoms with Crippen molar-refractivity contribution in [3.05, 3.63) is 71.8 Å². The first-order valence-electron chi connectivity index (χ1n) is 12.5. The third kappa shape index (κ3) is 5.44. The molecule has 0 spiro atoms. The van der Waals surface area contributed by atoms with Gasteiger partial charge in [-0.15, -0.1) is 0 Å². The summed E-state index contributed by atoms with van der Waals surface area (Å²) in [5, 5.41) is 7.34. The largest absolute Gasteiger partial charge is 0.366 e. The molecule has 3 heterocycles. The summed E-state index contributed by atoms with van der Waals surface area (Å²) in [6.45, 7) is 6.81. The Bertz CT molecular complexity index is 1590. The molecule has 1 aliphatic rings. The zero-order valence-corrected chi connectivity index (χ0v) is 22.8. The monoisotopic (exact) mass is 537 g/mol. The predicted molar refractivity (Wildman–Crippen MR) is 150 cm³/mol. The number of halogens is 1. The molecule has 0 saturated carbocycles. The lowest BCUT2D eigenvalue weighted by Gasteiger charge is -2.33. The molecular weight excluding hydrogens is 505 g/mol. The molecule has 0 radical (unpaired) electrons. The van der Waals surface area contributed by atoms with E-state index in [9.17, 15) is 12.8 Å². The van der Waals surface area contributed by atoms with Crippen LogP contribution in [0, 0.1) is 12.7 Å². The van der Waals surface area contributed by atoms with Gasteiger partial charge in [0.1, 0.15) is 11.5 Å². The van der Waals surface area contributed by atoms with E-state index in [0.29, 0.717) is 41.2 Å². The number of nitrogens with one attached hydrogen (secondary N) is 2. The second-order valence-electron chi connectivity index (χ2n) is 9.87. The average Bonchev–Trinajstić information content (AvgIpc) is 3.25. The minimum atomic E-state index is -3.42. The van der Waals surface area contributed by atoms with Gasteiger partial charge in [-0.3, -0.25) is 4.31 Å². The third-order valence-corrected chi connectivity index (χ3v) is 8.02. The number of hydrogen-bond acceptors (Lipinski definition) is 7. The van der Waals surface area contributed by atoms with E-state index >= 15 is 0 Å². The maximum atomic E-state index is 15.0. The normalized spacial score (nSPS) is 16.1. The minimum absolute atomic E-state index is 0.296. The number of anilines is 4. The van der Waals surface area contributed by atoms with Crippen molar-refractivity contribution in [3.8, 4) is 0 Å². The van der Waals surface area contributed by atoms with Gasteiger partial charge < -0.3 is 20.1 Å². The summed E-state index contributed by atoms with van der Waals surface area (Å²) in [6, 6.07) is 13.0. The van der Waals surface area contributed by atoms with Crippen molar-refractivity contribution in [3.63, 3.8) is 0 Å². The van der Waals surface area contributed by atoms with Gasteiger partial charge in [0, 0.05) is 56.2 Å². The van der Waals surface area contributed by atoms with Crippen LogP contribution < -0.4 is 19.8 Å². The Balaban J connectivity index is 1.40. The van der Waals surface area contributed by atoms with Crippen LogP contribution in [0.1, 0.15) is 18.1 Å².